The summed E-state index contributed by atoms with van der Waals surface area (Å²) in [6, 6.07) is 20.8. The number of hydrogen-bond donors (Lipinski definition) is 0. The second kappa shape index (κ2) is 8.18. The van der Waals surface area contributed by atoms with E-state index in [2.05, 4.69) is 41.8 Å². The van der Waals surface area contributed by atoms with Gasteiger partial charge in [0.1, 0.15) is 35.8 Å². The average Bonchev–Trinajstić information content (AvgIpc) is 3.50. The van der Waals surface area contributed by atoms with Crippen LogP contribution in [0.4, 0.5) is 0 Å². The van der Waals surface area contributed by atoms with Crippen molar-refractivity contribution in [1.82, 2.24) is 0 Å². The smallest absolute Gasteiger partial charge is 0.216 e. The number of aromatic nitrogens is 1. The summed E-state index contributed by atoms with van der Waals surface area (Å²) in [7, 11) is 2.05. The molecule has 1 saturated carbocycles. The Labute approximate surface area is 199 Å². The van der Waals surface area contributed by atoms with Gasteiger partial charge in [-0.15, -0.1) is 0 Å². The molecule has 4 heteroatoms. The number of aryl methyl sites for hydroxylation is 2. The van der Waals surface area contributed by atoms with Gasteiger partial charge >= 0.3 is 0 Å². The van der Waals surface area contributed by atoms with Gasteiger partial charge in [-0.05, 0) is 55.7 Å². The van der Waals surface area contributed by atoms with Crippen molar-refractivity contribution < 1.29 is 13.4 Å². The minimum atomic E-state index is 0.468. The number of nitriles is 1. The molecule has 3 aromatic heterocycles. The molecule has 4 nitrogen and oxygen atoms in total. The molecular weight excluding hydrogens is 420 g/mol. The Morgan fingerprint density at radius 1 is 0.853 bits per heavy atom. The highest BCUT2D eigenvalue weighted by Gasteiger charge is 2.25. The predicted molar refractivity (Wildman–Crippen MR) is 133 cm³/mol. The lowest BCUT2D eigenvalue weighted by Gasteiger charge is -2.19. The highest BCUT2D eigenvalue weighted by Crippen LogP contribution is 2.43. The molecule has 1 aliphatic rings. The molecule has 0 bridgehead atoms. The van der Waals surface area contributed by atoms with Crippen molar-refractivity contribution in [2.45, 2.75) is 44.9 Å². The molecule has 0 amide bonds. The van der Waals surface area contributed by atoms with Crippen LogP contribution in [0.25, 0.3) is 44.5 Å². The molecule has 6 rings (SSSR count). The van der Waals surface area contributed by atoms with Crippen molar-refractivity contribution >= 4 is 21.9 Å². The van der Waals surface area contributed by atoms with Crippen LogP contribution in [0.5, 0.6) is 0 Å². The van der Waals surface area contributed by atoms with E-state index in [4.69, 9.17) is 8.83 Å². The molecule has 168 valence electrons. The third-order valence-corrected chi connectivity index (χ3v) is 7.33. The molecule has 1 fully saturated rings. The molecule has 2 aromatic carbocycles. The van der Waals surface area contributed by atoms with Gasteiger partial charge in [0.05, 0.1) is 16.7 Å². The normalized spacial score (nSPS) is 14.6. The van der Waals surface area contributed by atoms with Crippen LogP contribution >= 0.6 is 0 Å². The fourth-order valence-electron chi connectivity index (χ4n) is 5.53. The van der Waals surface area contributed by atoms with Crippen molar-refractivity contribution in [2.24, 2.45) is 7.05 Å². The summed E-state index contributed by atoms with van der Waals surface area (Å²) in [6.45, 7) is 2.11. The zero-order valence-electron chi connectivity index (χ0n) is 19.6. The lowest BCUT2D eigenvalue weighted by Crippen LogP contribution is -2.30. The maximum atomic E-state index is 9.95. The number of fused-ring (bicyclic) bond motifs is 3. The number of benzene rings is 2. The van der Waals surface area contributed by atoms with E-state index in [9.17, 15) is 5.26 Å². The molecule has 1 aliphatic carbocycles. The van der Waals surface area contributed by atoms with Crippen LogP contribution in [0.15, 0.2) is 69.6 Å². The standard InChI is InChI=1S/C30H27N2O2/c1-19-11-13-22-23-14-12-21(18-31)28(26-16-15-25(33-26)20-8-4-3-5-9-20)30(23)34-29(22)27(19)24-10-6-7-17-32(24)2/h6-7,10-17,20H,3-5,8-9H2,1-2H3/q+1. The van der Waals surface area contributed by atoms with Gasteiger partial charge in [-0.25, -0.2) is 4.57 Å². The molecule has 0 aliphatic heterocycles. The van der Waals surface area contributed by atoms with Crippen molar-refractivity contribution in [1.29, 1.82) is 5.26 Å². The largest absolute Gasteiger partial charge is 0.461 e. The molecule has 0 saturated heterocycles. The van der Waals surface area contributed by atoms with E-state index in [0.29, 0.717) is 22.8 Å². The Bertz CT molecular complexity index is 1580. The van der Waals surface area contributed by atoms with Crippen LogP contribution < -0.4 is 4.57 Å². The quantitative estimate of drug-likeness (QED) is 0.268. The molecule has 34 heavy (non-hydrogen) atoms. The molecule has 3 heterocycles. The molecule has 0 spiro atoms. The number of furan rings is 2. The van der Waals surface area contributed by atoms with E-state index < -0.39 is 0 Å². The van der Waals surface area contributed by atoms with Gasteiger partial charge in [-0.2, -0.15) is 5.26 Å². The van der Waals surface area contributed by atoms with Crippen LogP contribution in [-0.4, -0.2) is 0 Å². The van der Waals surface area contributed by atoms with Crippen molar-refractivity contribution in [2.75, 3.05) is 0 Å². The van der Waals surface area contributed by atoms with E-state index in [-0.39, 0.29) is 0 Å². The summed E-state index contributed by atoms with van der Waals surface area (Å²) in [6.07, 6.45) is 8.20. The summed E-state index contributed by atoms with van der Waals surface area (Å²) >= 11 is 0. The van der Waals surface area contributed by atoms with Gasteiger partial charge in [-0.3, -0.25) is 0 Å². The SMILES string of the molecule is Cc1ccc2c(oc3c(-c4ccc(C5CCCCC5)o4)c(C#N)ccc32)c1-c1cccc[n+]1C. The van der Waals surface area contributed by atoms with Crippen LogP contribution in [0.1, 0.15) is 54.9 Å². The second-order valence-corrected chi connectivity index (χ2v) is 9.45. The van der Waals surface area contributed by atoms with Gasteiger partial charge in [0.2, 0.25) is 5.69 Å². The zero-order chi connectivity index (χ0) is 23.2. The van der Waals surface area contributed by atoms with E-state index in [1.807, 2.05) is 43.6 Å². The Balaban J connectivity index is 1.60. The van der Waals surface area contributed by atoms with Crippen molar-refractivity contribution in [3.63, 3.8) is 0 Å². The maximum absolute atomic E-state index is 9.95. The minimum absolute atomic E-state index is 0.468. The van der Waals surface area contributed by atoms with E-state index in [1.165, 1.54) is 32.1 Å². The van der Waals surface area contributed by atoms with Crippen molar-refractivity contribution in [3.05, 3.63) is 77.7 Å². The van der Waals surface area contributed by atoms with Crippen LogP contribution in [0.3, 0.4) is 0 Å². The second-order valence-electron chi connectivity index (χ2n) is 9.45. The number of nitrogens with zero attached hydrogens (tertiary/aromatic N) is 2. The van der Waals surface area contributed by atoms with Crippen LogP contribution in [0.2, 0.25) is 0 Å². The lowest BCUT2D eigenvalue weighted by molar-refractivity contribution is -0.660. The zero-order valence-corrected chi connectivity index (χ0v) is 19.6. The first-order valence-electron chi connectivity index (χ1n) is 12.1. The van der Waals surface area contributed by atoms with Gasteiger partial charge in [0.25, 0.3) is 0 Å². The molecule has 0 atom stereocenters. The third-order valence-electron chi connectivity index (χ3n) is 7.33. The topological polar surface area (TPSA) is 54.0 Å². The van der Waals surface area contributed by atoms with Gasteiger partial charge in [0.15, 0.2) is 6.20 Å². The number of rotatable bonds is 3. The predicted octanol–water partition coefficient (Wildman–Crippen LogP) is 7.57. The Kier molecular flexibility index (Phi) is 4.99. The van der Waals surface area contributed by atoms with Crippen LogP contribution in [-0.2, 0) is 7.05 Å². The summed E-state index contributed by atoms with van der Waals surface area (Å²) in [4.78, 5) is 0. The monoisotopic (exact) mass is 447 g/mol. The van der Waals surface area contributed by atoms with E-state index in [0.717, 1.165) is 44.5 Å². The van der Waals surface area contributed by atoms with Gasteiger partial charge < -0.3 is 8.83 Å². The molecule has 5 aromatic rings. The fraction of sp³-hybridized carbons (Fsp3) is 0.267. The van der Waals surface area contributed by atoms with E-state index >= 15 is 0 Å². The summed E-state index contributed by atoms with van der Waals surface area (Å²) in [5.41, 5.74) is 6.18. The fourth-order valence-corrected chi connectivity index (χ4v) is 5.53. The van der Waals surface area contributed by atoms with Gasteiger partial charge in [-0.1, -0.05) is 31.4 Å². The summed E-state index contributed by atoms with van der Waals surface area (Å²) in [5, 5.41) is 12.0. The maximum Gasteiger partial charge on any atom is 0.216 e. The van der Waals surface area contributed by atoms with Gasteiger partial charge in [0, 0.05) is 28.8 Å². The highest BCUT2D eigenvalue weighted by molar-refractivity contribution is 6.13. The Morgan fingerprint density at radius 2 is 1.62 bits per heavy atom. The first kappa shape index (κ1) is 20.7. The third kappa shape index (κ3) is 3.23. The molecule has 0 N–H and O–H groups in total. The number of hydrogen-bond acceptors (Lipinski definition) is 3. The summed E-state index contributed by atoms with van der Waals surface area (Å²) < 4.78 is 15.1. The molecule has 0 radical (unpaired) electrons. The first-order valence-corrected chi connectivity index (χ1v) is 12.1. The minimum Gasteiger partial charge on any atom is -0.461 e. The average molecular weight is 448 g/mol. The van der Waals surface area contributed by atoms with E-state index in [1.54, 1.807) is 0 Å². The number of pyridine rings is 1. The lowest BCUT2D eigenvalue weighted by atomic mass is 9.88. The van der Waals surface area contributed by atoms with Crippen LogP contribution in [0, 0.1) is 18.3 Å². The highest BCUT2D eigenvalue weighted by atomic mass is 16.4. The summed E-state index contributed by atoms with van der Waals surface area (Å²) in [5.74, 6) is 2.21. The molecule has 0 unspecified atom stereocenters. The Hall–Kier alpha value is -3.84. The Morgan fingerprint density at radius 3 is 2.38 bits per heavy atom. The first-order chi connectivity index (χ1) is 16.7. The molecular formula is C30H27N2O2+. The van der Waals surface area contributed by atoms with Crippen molar-refractivity contribution in [3.8, 4) is 28.7 Å².